The second-order valence-electron chi connectivity index (χ2n) is 1.96. The van der Waals surface area contributed by atoms with Gasteiger partial charge in [-0.3, -0.25) is 10.0 Å². The molecule has 0 aromatic heterocycles. The highest BCUT2D eigenvalue weighted by molar-refractivity contribution is 5.95. The number of hydrogen-bond donors (Lipinski definition) is 4. The van der Waals surface area contributed by atoms with Crippen molar-refractivity contribution in [3.05, 3.63) is 29.8 Å². The highest BCUT2D eigenvalue weighted by Crippen LogP contribution is 2.14. The molecule has 5 heteroatoms. The standard InChI is InChI=1S/C7H7NO3.CH4O/c9-6-4-2-1-3-5(6)7(10)8-11;1-2/h1-4,9,11H,(H,8,10);2H,1H3. The second kappa shape index (κ2) is 5.99. The van der Waals surface area contributed by atoms with Gasteiger partial charge in [-0.1, -0.05) is 12.1 Å². The number of carbonyl (C=O) groups is 1. The van der Waals surface area contributed by atoms with Crippen molar-refractivity contribution in [1.82, 2.24) is 5.48 Å². The molecule has 0 saturated carbocycles. The first-order chi connectivity index (χ1) is 6.25. The van der Waals surface area contributed by atoms with Crippen LogP contribution in [0.15, 0.2) is 24.3 Å². The van der Waals surface area contributed by atoms with Crippen molar-refractivity contribution in [3.63, 3.8) is 0 Å². The minimum Gasteiger partial charge on any atom is -0.507 e. The number of para-hydroxylation sites is 1. The molecule has 0 aliphatic carbocycles. The predicted molar refractivity (Wildman–Crippen MR) is 45.5 cm³/mol. The Morgan fingerprint density at radius 1 is 1.31 bits per heavy atom. The van der Waals surface area contributed by atoms with Crippen molar-refractivity contribution in [2.24, 2.45) is 0 Å². The van der Waals surface area contributed by atoms with Crippen LogP contribution in [0.25, 0.3) is 0 Å². The molecule has 5 nitrogen and oxygen atoms in total. The number of phenolic OH excluding ortho intramolecular Hbond substituents is 1. The van der Waals surface area contributed by atoms with Crippen LogP contribution in [0.1, 0.15) is 10.4 Å². The zero-order valence-electron chi connectivity index (χ0n) is 7.06. The van der Waals surface area contributed by atoms with Gasteiger partial charge in [0.1, 0.15) is 5.75 Å². The van der Waals surface area contributed by atoms with E-state index in [0.29, 0.717) is 0 Å². The quantitative estimate of drug-likeness (QED) is 0.369. The van der Waals surface area contributed by atoms with Crippen LogP contribution in [0.2, 0.25) is 0 Å². The van der Waals surface area contributed by atoms with Crippen LogP contribution in [0.4, 0.5) is 0 Å². The first-order valence-electron chi connectivity index (χ1n) is 3.43. The van der Waals surface area contributed by atoms with E-state index in [2.05, 4.69) is 0 Å². The third-order valence-electron chi connectivity index (χ3n) is 1.25. The maximum Gasteiger partial charge on any atom is 0.278 e. The van der Waals surface area contributed by atoms with Crippen LogP contribution >= 0.6 is 0 Å². The van der Waals surface area contributed by atoms with Crippen molar-refractivity contribution in [3.8, 4) is 5.75 Å². The fourth-order valence-corrected chi connectivity index (χ4v) is 0.726. The Morgan fingerprint density at radius 3 is 2.31 bits per heavy atom. The van der Waals surface area contributed by atoms with Crippen molar-refractivity contribution in [2.45, 2.75) is 0 Å². The summed E-state index contributed by atoms with van der Waals surface area (Å²) in [4.78, 5) is 10.7. The maximum atomic E-state index is 10.7. The molecule has 0 radical (unpaired) electrons. The van der Waals surface area contributed by atoms with Gasteiger partial charge < -0.3 is 10.2 Å². The molecule has 1 rings (SSSR count). The minimum absolute atomic E-state index is 0.0509. The van der Waals surface area contributed by atoms with Crippen LogP contribution in [-0.4, -0.2) is 28.4 Å². The summed E-state index contributed by atoms with van der Waals surface area (Å²) < 4.78 is 0. The van der Waals surface area contributed by atoms with Crippen LogP contribution < -0.4 is 5.48 Å². The van der Waals surface area contributed by atoms with Crippen LogP contribution in [0, 0.1) is 0 Å². The van der Waals surface area contributed by atoms with Gasteiger partial charge in [0.05, 0.1) is 5.56 Å². The number of amides is 1. The summed E-state index contributed by atoms with van der Waals surface area (Å²) in [6, 6.07) is 5.94. The monoisotopic (exact) mass is 185 g/mol. The lowest BCUT2D eigenvalue weighted by atomic mass is 10.2. The van der Waals surface area contributed by atoms with E-state index in [1.54, 1.807) is 12.1 Å². The zero-order chi connectivity index (χ0) is 10.3. The van der Waals surface area contributed by atoms with E-state index in [1.165, 1.54) is 17.6 Å². The average Bonchev–Trinajstić information content (AvgIpc) is 2.20. The fourth-order valence-electron chi connectivity index (χ4n) is 0.726. The number of aliphatic hydroxyl groups excluding tert-OH is 1. The Kier molecular flexibility index (Phi) is 5.25. The van der Waals surface area contributed by atoms with E-state index in [4.69, 9.17) is 15.4 Å². The fraction of sp³-hybridized carbons (Fsp3) is 0.125. The number of aromatic hydroxyl groups is 1. The maximum absolute atomic E-state index is 10.7. The van der Waals surface area contributed by atoms with E-state index in [-0.39, 0.29) is 11.3 Å². The molecule has 1 amide bonds. The number of nitrogens with one attached hydrogen (secondary N) is 1. The van der Waals surface area contributed by atoms with Gasteiger partial charge in [-0.2, -0.15) is 0 Å². The molecule has 0 saturated heterocycles. The Labute approximate surface area is 75.2 Å². The zero-order valence-corrected chi connectivity index (χ0v) is 7.06. The van der Waals surface area contributed by atoms with E-state index >= 15 is 0 Å². The van der Waals surface area contributed by atoms with Crippen LogP contribution in [-0.2, 0) is 0 Å². The largest absolute Gasteiger partial charge is 0.507 e. The minimum atomic E-state index is -0.719. The first-order valence-corrected chi connectivity index (χ1v) is 3.43. The molecule has 0 bridgehead atoms. The molecule has 0 heterocycles. The number of aliphatic hydroxyl groups is 1. The van der Waals surface area contributed by atoms with Crippen molar-refractivity contribution in [2.75, 3.05) is 7.11 Å². The molecule has 1 aromatic carbocycles. The Morgan fingerprint density at radius 2 is 1.85 bits per heavy atom. The number of hydroxylamine groups is 1. The van der Waals surface area contributed by atoms with Gasteiger partial charge in [0.25, 0.3) is 5.91 Å². The molecule has 0 aliphatic heterocycles. The molecule has 72 valence electrons. The number of benzene rings is 1. The molecule has 0 atom stereocenters. The Hall–Kier alpha value is -1.59. The third-order valence-corrected chi connectivity index (χ3v) is 1.25. The molecule has 4 N–H and O–H groups in total. The molecule has 13 heavy (non-hydrogen) atoms. The number of rotatable bonds is 1. The first kappa shape index (κ1) is 11.4. The Balaban J connectivity index is 0.000000671. The molecule has 0 spiro atoms. The molecule has 1 aromatic rings. The molecule has 0 unspecified atom stereocenters. The third kappa shape index (κ3) is 3.10. The van der Waals surface area contributed by atoms with Gasteiger partial charge >= 0.3 is 0 Å². The molecular weight excluding hydrogens is 174 g/mol. The van der Waals surface area contributed by atoms with Gasteiger partial charge in [-0.05, 0) is 12.1 Å². The lowest BCUT2D eigenvalue weighted by Gasteiger charge is -1.99. The molecule has 0 aliphatic rings. The normalized spacial score (nSPS) is 8.23. The summed E-state index contributed by atoms with van der Waals surface area (Å²) in [5, 5.41) is 24.2. The number of hydrogen-bond acceptors (Lipinski definition) is 4. The number of phenols is 1. The SMILES string of the molecule is CO.O=C(NO)c1ccccc1O. The average molecular weight is 185 g/mol. The summed E-state index contributed by atoms with van der Waals surface area (Å²) >= 11 is 0. The van der Waals surface area contributed by atoms with E-state index in [0.717, 1.165) is 7.11 Å². The van der Waals surface area contributed by atoms with Crippen molar-refractivity contribution >= 4 is 5.91 Å². The highest BCUT2D eigenvalue weighted by Gasteiger charge is 2.07. The van der Waals surface area contributed by atoms with E-state index in [9.17, 15) is 4.79 Å². The van der Waals surface area contributed by atoms with Gasteiger partial charge in [-0.25, -0.2) is 5.48 Å². The van der Waals surface area contributed by atoms with Gasteiger partial charge in [-0.15, -0.1) is 0 Å². The van der Waals surface area contributed by atoms with E-state index in [1.807, 2.05) is 0 Å². The second-order valence-corrected chi connectivity index (χ2v) is 1.96. The lowest BCUT2D eigenvalue weighted by Crippen LogP contribution is -2.18. The summed E-state index contributed by atoms with van der Waals surface area (Å²) in [7, 11) is 1.00. The summed E-state index contributed by atoms with van der Waals surface area (Å²) in [5.74, 6) is -0.873. The molecular formula is C8H11NO4. The predicted octanol–water partition coefficient (Wildman–Crippen LogP) is 0.120. The highest BCUT2D eigenvalue weighted by atomic mass is 16.5. The smallest absolute Gasteiger partial charge is 0.278 e. The summed E-state index contributed by atoms with van der Waals surface area (Å²) in [5.41, 5.74) is 1.47. The Bertz CT molecular complexity index is 275. The van der Waals surface area contributed by atoms with Gasteiger partial charge in [0.15, 0.2) is 0 Å². The van der Waals surface area contributed by atoms with Crippen LogP contribution in [0.3, 0.4) is 0 Å². The summed E-state index contributed by atoms with van der Waals surface area (Å²) in [6.45, 7) is 0. The van der Waals surface area contributed by atoms with Crippen molar-refractivity contribution in [1.29, 1.82) is 0 Å². The molecule has 0 fully saturated rings. The van der Waals surface area contributed by atoms with E-state index < -0.39 is 5.91 Å². The lowest BCUT2D eigenvalue weighted by molar-refractivity contribution is 0.0703. The van der Waals surface area contributed by atoms with Crippen molar-refractivity contribution < 1.29 is 20.2 Å². The number of carbonyl (C=O) groups excluding carboxylic acids is 1. The van der Waals surface area contributed by atoms with Gasteiger partial charge in [0, 0.05) is 7.11 Å². The van der Waals surface area contributed by atoms with Gasteiger partial charge in [0.2, 0.25) is 0 Å². The summed E-state index contributed by atoms with van der Waals surface area (Å²) in [6.07, 6.45) is 0. The topological polar surface area (TPSA) is 89.8 Å². The van der Waals surface area contributed by atoms with Crippen LogP contribution in [0.5, 0.6) is 5.75 Å².